The summed E-state index contributed by atoms with van der Waals surface area (Å²) in [5.41, 5.74) is 2.34. The van der Waals surface area contributed by atoms with E-state index in [1.807, 2.05) is 24.3 Å². The molecule has 0 aliphatic carbocycles. The van der Waals surface area contributed by atoms with Gasteiger partial charge in [0.05, 0.1) is 19.8 Å². The molecule has 0 aromatic heterocycles. The van der Waals surface area contributed by atoms with Gasteiger partial charge in [-0.25, -0.2) is 0 Å². The van der Waals surface area contributed by atoms with Crippen LogP contribution in [0.1, 0.15) is 15.9 Å². The monoisotopic (exact) mass is 387 g/mol. The van der Waals surface area contributed by atoms with Gasteiger partial charge >= 0.3 is 0 Å². The second-order valence-electron chi connectivity index (χ2n) is 6.32. The van der Waals surface area contributed by atoms with E-state index in [-0.39, 0.29) is 18.4 Å². The Morgan fingerprint density at radius 1 is 1.00 bits per heavy atom. The summed E-state index contributed by atoms with van der Waals surface area (Å²) in [7, 11) is 0. The molecule has 1 aliphatic heterocycles. The van der Waals surface area contributed by atoms with E-state index in [2.05, 4.69) is 15.5 Å². The Labute approximate surface area is 163 Å². The molecule has 0 spiro atoms. The predicted octanol–water partition coefficient (Wildman–Crippen LogP) is 2.54. The quantitative estimate of drug-likeness (QED) is 0.799. The van der Waals surface area contributed by atoms with Crippen molar-refractivity contribution in [3.05, 3.63) is 64.7 Å². The summed E-state index contributed by atoms with van der Waals surface area (Å²) in [5, 5.41) is 5.93. The minimum Gasteiger partial charge on any atom is -0.379 e. The Morgan fingerprint density at radius 2 is 1.67 bits per heavy atom. The number of carbonyl (C=O) groups excluding carboxylic acids is 2. The van der Waals surface area contributed by atoms with Gasteiger partial charge in [0.25, 0.3) is 5.91 Å². The normalized spacial score (nSPS) is 14.6. The number of benzene rings is 2. The first kappa shape index (κ1) is 19.4. The first-order chi connectivity index (χ1) is 13.1. The summed E-state index contributed by atoms with van der Waals surface area (Å²) in [6.45, 7) is 4.19. The third-order valence-electron chi connectivity index (χ3n) is 4.26. The maximum Gasteiger partial charge on any atom is 0.251 e. The summed E-state index contributed by atoms with van der Waals surface area (Å²) in [6, 6.07) is 14.2. The zero-order valence-corrected chi connectivity index (χ0v) is 15.7. The van der Waals surface area contributed by atoms with Crippen molar-refractivity contribution in [1.82, 2.24) is 10.2 Å². The van der Waals surface area contributed by atoms with E-state index in [0.29, 0.717) is 16.3 Å². The third kappa shape index (κ3) is 6.06. The van der Waals surface area contributed by atoms with Crippen LogP contribution in [0.25, 0.3) is 0 Å². The molecule has 2 amide bonds. The molecule has 7 heteroatoms. The number of hydrogen-bond donors (Lipinski definition) is 2. The average Bonchev–Trinajstić information content (AvgIpc) is 2.69. The second-order valence-corrected chi connectivity index (χ2v) is 6.76. The maximum absolute atomic E-state index is 12.0. The fourth-order valence-corrected chi connectivity index (χ4v) is 2.91. The van der Waals surface area contributed by atoms with E-state index in [4.69, 9.17) is 16.3 Å². The van der Waals surface area contributed by atoms with E-state index >= 15 is 0 Å². The Balaban J connectivity index is 1.44. The summed E-state index contributed by atoms with van der Waals surface area (Å²) in [6.07, 6.45) is 0. The van der Waals surface area contributed by atoms with Crippen molar-refractivity contribution >= 4 is 29.1 Å². The van der Waals surface area contributed by atoms with Gasteiger partial charge in [-0.15, -0.1) is 0 Å². The van der Waals surface area contributed by atoms with E-state index in [1.54, 1.807) is 24.3 Å². The van der Waals surface area contributed by atoms with Crippen LogP contribution >= 0.6 is 11.6 Å². The SMILES string of the molecule is O=C(CNC(=O)c1ccc(Cl)cc1)Nc1ccc(CN2CCOCC2)cc1. The number of rotatable bonds is 6. The van der Waals surface area contributed by atoms with Crippen molar-refractivity contribution in [1.29, 1.82) is 0 Å². The van der Waals surface area contributed by atoms with E-state index < -0.39 is 0 Å². The molecule has 2 aromatic rings. The van der Waals surface area contributed by atoms with Crippen molar-refractivity contribution in [2.75, 3.05) is 38.2 Å². The van der Waals surface area contributed by atoms with Crippen LogP contribution in [0.4, 0.5) is 5.69 Å². The molecular formula is C20H22ClN3O3. The number of hydrogen-bond acceptors (Lipinski definition) is 4. The van der Waals surface area contributed by atoms with Gasteiger partial charge < -0.3 is 15.4 Å². The summed E-state index contributed by atoms with van der Waals surface area (Å²) in [4.78, 5) is 26.4. The van der Waals surface area contributed by atoms with E-state index in [1.165, 1.54) is 5.56 Å². The van der Waals surface area contributed by atoms with Gasteiger partial charge in [0.15, 0.2) is 0 Å². The zero-order chi connectivity index (χ0) is 19.1. The minimum absolute atomic E-state index is 0.100. The molecule has 2 N–H and O–H groups in total. The largest absolute Gasteiger partial charge is 0.379 e. The first-order valence-electron chi connectivity index (χ1n) is 8.83. The van der Waals surface area contributed by atoms with Crippen LogP contribution in [0.15, 0.2) is 48.5 Å². The molecule has 3 rings (SSSR count). The first-order valence-corrected chi connectivity index (χ1v) is 9.20. The lowest BCUT2D eigenvalue weighted by atomic mass is 10.2. The van der Waals surface area contributed by atoms with Crippen LogP contribution < -0.4 is 10.6 Å². The van der Waals surface area contributed by atoms with Crippen LogP contribution in [0.2, 0.25) is 5.02 Å². The van der Waals surface area contributed by atoms with Gasteiger partial charge in [-0.3, -0.25) is 14.5 Å². The van der Waals surface area contributed by atoms with Crippen molar-refractivity contribution in [3.8, 4) is 0 Å². The number of morpholine rings is 1. The zero-order valence-electron chi connectivity index (χ0n) is 14.9. The average molecular weight is 388 g/mol. The number of nitrogens with one attached hydrogen (secondary N) is 2. The van der Waals surface area contributed by atoms with Crippen molar-refractivity contribution in [2.45, 2.75) is 6.54 Å². The van der Waals surface area contributed by atoms with Crippen LogP contribution in [-0.4, -0.2) is 49.6 Å². The Kier molecular flexibility index (Phi) is 6.81. The molecule has 0 atom stereocenters. The molecule has 2 aromatic carbocycles. The lowest BCUT2D eigenvalue weighted by Gasteiger charge is -2.26. The number of carbonyl (C=O) groups is 2. The molecule has 142 valence electrons. The molecule has 0 bridgehead atoms. The molecule has 6 nitrogen and oxygen atoms in total. The standard InChI is InChI=1S/C20H22ClN3O3/c21-17-5-3-16(4-6-17)20(26)22-13-19(25)23-18-7-1-15(2-8-18)14-24-9-11-27-12-10-24/h1-8H,9-14H2,(H,22,26)(H,23,25). The minimum atomic E-state index is -0.317. The number of anilines is 1. The predicted molar refractivity (Wildman–Crippen MR) is 105 cm³/mol. The molecule has 0 radical (unpaired) electrons. The molecular weight excluding hydrogens is 366 g/mol. The maximum atomic E-state index is 12.0. The highest BCUT2D eigenvalue weighted by molar-refractivity contribution is 6.30. The number of ether oxygens (including phenoxy) is 1. The molecule has 1 fully saturated rings. The van der Waals surface area contributed by atoms with Crippen molar-refractivity contribution in [2.24, 2.45) is 0 Å². The lowest BCUT2D eigenvalue weighted by Crippen LogP contribution is -2.35. The Hall–Kier alpha value is -2.41. The summed E-state index contributed by atoms with van der Waals surface area (Å²) < 4.78 is 5.35. The van der Waals surface area contributed by atoms with Crippen LogP contribution in [-0.2, 0) is 16.1 Å². The summed E-state index contributed by atoms with van der Waals surface area (Å²) >= 11 is 5.80. The van der Waals surface area contributed by atoms with Gasteiger partial charge in [0.2, 0.25) is 5.91 Å². The lowest BCUT2D eigenvalue weighted by molar-refractivity contribution is -0.115. The fraction of sp³-hybridized carbons (Fsp3) is 0.300. The second kappa shape index (κ2) is 9.50. The van der Waals surface area contributed by atoms with Gasteiger partial charge in [-0.1, -0.05) is 23.7 Å². The van der Waals surface area contributed by atoms with Crippen LogP contribution in [0, 0.1) is 0 Å². The topological polar surface area (TPSA) is 70.7 Å². The van der Waals surface area contributed by atoms with Gasteiger partial charge in [0.1, 0.15) is 0 Å². The molecule has 0 saturated carbocycles. The van der Waals surface area contributed by atoms with Gasteiger partial charge in [0, 0.05) is 35.9 Å². The highest BCUT2D eigenvalue weighted by Gasteiger charge is 2.11. The molecule has 0 unspecified atom stereocenters. The van der Waals surface area contributed by atoms with E-state index in [9.17, 15) is 9.59 Å². The highest BCUT2D eigenvalue weighted by Crippen LogP contribution is 2.13. The smallest absolute Gasteiger partial charge is 0.251 e. The van der Waals surface area contributed by atoms with Crippen LogP contribution in [0.3, 0.4) is 0 Å². The van der Waals surface area contributed by atoms with Gasteiger partial charge in [-0.2, -0.15) is 0 Å². The number of nitrogens with zero attached hydrogens (tertiary/aromatic N) is 1. The summed E-state index contributed by atoms with van der Waals surface area (Å²) in [5.74, 6) is -0.596. The van der Waals surface area contributed by atoms with Gasteiger partial charge in [-0.05, 0) is 42.0 Å². The number of amides is 2. The highest BCUT2D eigenvalue weighted by atomic mass is 35.5. The fourth-order valence-electron chi connectivity index (χ4n) is 2.78. The molecule has 1 aliphatic rings. The van der Waals surface area contributed by atoms with Crippen molar-refractivity contribution in [3.63, 3.8) is 0 Å². The third-order valence-corrected chi connectivity index (χ3v) is 4.52. The number of halogens is 1. The Morgan fingerprint density at radius 3 is 2.33 bits per heavy atom. The Bertz CT molecular complexity index is 772. The molecule has 1 saturated heterocycles. The molecule has 27 heavy (non-hydrogen) atoms. The van der Waals surface area contributed by atoms with Crippen LogP contribution in [0.5, 0.6) is 0 Å². The van der Waals surface area contributed by atoms with Crippen molar-refractivity contribution < 1.29 is 14.3 Å². The molecule has 1 heterocycles. The van der Waals surface area contributed by atoms with E-state index in [0.717, 1.165) is 32.8 Å².